The van der Waals surface area contributed by atoms with E-state index in [1.807, 2.05) is 12.1 Å². The van der Waals surface area contributed by atoms with E-state index in [-0.39, 0.29) is 12.1 Å². The van der Waals surface area contributed by atoms with Crippen LogP contribution in [0.15, 0.2) is 39.8 Å². The second kappa shape index (κ2) is 5.54. The summed E-state index contributed by atoms with van der Waals surface area (Å²) in [5, 5.41) is 3.95. The number of aryl methyl sites for hydroxylation is 2. The maximum atomic E-state index is 14.9. The van der Waals surface area contributed by atoms with Gasteiger partial charge in [-0.1, -0.05) is 11.2 Å². The Hall–Kier alpha value is -3.42. The zero-order chi connectivity index (χ0) is 18.7. The molecule has 1 atom stereocenters. The molecule has 0 radical (unpaired) electrons. The number of hydrogen-bond acceptors (Lipinski definition) is 5. The monoisotopic (exact) mass is 366 g/mol. The summed E-state index contributed by atoms with van der Waals surface area (Å²) < 4.78 is 27.6. The van der Waals surface area contributed by atoms with E-state index < -0.39 is 17.5 Å². The fourth-order valence-corrected chi connectivity index (χ4v) is 3.76. The molecule has 27 heavy (non-hydrogen) atoms. The summed E-state index contributed by atoms with van der Waals surface area (Å²) in [6, 6.07) is 6.36. The number of aromatic nitrogens is 4. The van der Waals surface area contributed by atoms with E-state index in [1.54, 1.807) is 26.1 Å². The van der Waals surface area contributed by atoms with Crippen LogP contribution >= 0.6 is 0 Å². The molecular formula is C19H15FN4O3. The van der Waals surface area contributed by atoms with Crippen molar-refractivity contribution in [3.63, 3.8) is 0 Å². The van der Waals surface area contributed by atoms with Crippen molar-refractivity contribution in [2.24, 2.45) is 0 Å². The van der Waals surface area contributed by atoms with E-state index in [0.717, 1.165) is 0 Å². The van der Waals surface area contributed by atoms with Crippen LogP contribution in [0.2, 0.25) is 0 Å². The first-order chi connectivity index (χ1) is 13.1. The maximum Gasteiger partial charge on any atom is 0.327 e. The number of pyridine rings is 1. The van der Waals surface area contributed by atoms with Crippen molar-refractivity contribution in [2.45, 2.75) is 19.9 Å². The van der Waals surface area contributed by atoms with Crippen molar-refractivity contribution in [2.75, 3.05) is 6.61 Å². The SMILES string of the molecule is Cc1noc(C)c1-c1cc(F)c2[nH]c(=O)n3c2c1OC[C@@H]3c1ccccn1. The van der Waals surface area contributed by atoms with Crippen LogP contribution in [0.5, 0.6) is 5.75 Å². The molecule has 0 amide bonds. The number of nitrogens with zero attached hydrogens (tertiary/aromatic N) is 3. The van der Waals surface area contributed by atoms with Gasteiger partial charge in [-0.05, 0) is 32.0 Å². The Balaban J connectivity index is 1.85. The van der Waals surface area contributed by atoms with E-state index in [9.17, 15) is 9.18 Å². The topological polar surface area (TPSA) is 85.9 Å². The van der Waals surface area contributed by atoms with E-state index in [4.69, 9.17) is 9.26 Å². The van der Waals surface area contributed by atoms with Gasteiger partial charge in [-0.25, -0.2) is 9.18 Å². The predicted octanol–water partition coefficient (Wildman–Crippen LogP) is 3.12. The number of H-pyrrole nitrogens is 1. The average Bonchev–Trinajstić information content (AvgIpc) is 3.20. The first-order valence-corrected chi connectivity index (χ1v) is 8.50. The summed E-state index contributed by atoms with van der Waals surface area (Å²) in [4.78, 5) is 19.6. The molecule has 0 fully saturated rings. The minimum atomic E-state index is -0.537. The number of benzene rings is 1. The highest BCUT2D eigenvalue weighted by Gasteiger charge is 2.32. The number of rotatable bonds is 2. The summed E-state index contributed by atoms with van der Waals surface area (Å²) in [6.07, 6.45) is 1.65. The summed E-state index contributed by atoms with van der Waals surface area (Å²) in [6.45, 7) is 3.75. The molecule has 1 aliphatic heterocycles. The van der Waals surface area contributed by atoms with E-state index in [0.29, 0.717) is 39.5 Å². The smallest absolute Gasteiger partial charge is 0.327 e. The van der Waals surface area contributed by atoms with Crippen LogP contribution in [-0.2, 0) is 0 Å². The van der Waals surface area contributed by atoms with Gasteiger partial charge >= 0.3 is 5.69 Å². The molecule has 1 aliphatic rings. The third kappa shape index (κ3) is 2.16. The van der Waals surface area contributed by atoms with Crippen molar-refractivity contribution in [1.29, 1.82) is 0 Å². The van der Waals surface area contributed by atoms with Gasteiger partial charge in [0.1, 0.15) is 35.3 Å². The number of nitrogens with one attached hydrogen (secondary N) is 1. The molecule has 4 heterocycles. The lowest BCUT2D eigenvalue weighted by Gasteiger charge is -2.26. The van der Waals surface area contributed by atoms with Crippen molar-refractivity contribution >= 4 is 11.0 Å². The van der Waals surface area contributed by atoms with Crippen LogP contribution in [0.25, 0.3) is 22.2 Å². The van der Waals surface area contributed by atoms with Crippen molar-refractivity contribution in [3.05, 3.63) is 63.9 Å². The largest absolute Gasteiger partial charge is 0.488 e. The quantitative estimate of drug-likeness (QED) is 0.589. The second-order valence-electron chi connectivity index (χ2n) is 6.54. The molecule has 7 nitrogen and oxygen atoms in total. The van der Waals surface area contributed by atoms with Gasteiger partial charge in [-0.2, -0.15) is 0 Å². The van der Waals surface area contributed by atoms with Gasteiger partial charge in [0.2, 0.25) is 0 Å². The highest BCUT2D eigenvalue weighted by atomic mass is 19.1. The zero-order valence-electron chi connectivity index (χ0n) is 14.6. The Kier molecular flexibility index (Phi) is 3.24. The van der Waals surface area contributed by atoms with Gasteiger partial charge in [0.15, 0.2) is 5.75 Å². The lowest BCUT2D eigenvalue weighted by atomic mass is 10.0. The molecule has 136 valence electrons. The second-order valence-corrected chi connectivity index (χ2v) is 6.54. The molecule has 1 N–H and O–H groups in total. The molecule has 0 aliphatic carbocycles. The van der Waals surface area contributed by atoms with Gasteiger partial charge in [-0.3, -0.25) is 9.55 Å². The van der Waals surface area contributed by atoms with Gasteiger partial charge in [-0.15, -0.1) is 0 Å². The molecule has 0 saturated carbocycles. The fourth-order valence-electron chi connectivity index (χ4n) is 3.76. The number of ether oxygens (including phenoxy) is 1. The molecule has 8 heteroatoms. The van der Waals surface area contributed by atoms with Crippen LogP contribution in [-0.4, -0.2) is 26.3 Å². The van der Waals surface area contributed by atoms with E-state index >= 15 is 0 Å². The molecular weight excluding hydrogens is 351 g/mol. The minimum Gasteiger partial charge on any atom is -0.488 e. The predicted molar refractivity (Wildman–Crippen MR) is 95.4 cm³/mol. The minimum absolute atomic E-state index is 0.117. The molecule has 0 spiro atoms. The van der Waals surface area contributed by atoms with Crippen molar-refractivity contribution in [3.8, 4) is 16.9 Å². The Morgan fingerprint density at radius 3 is 2.89 bits per heavy atom. The highest BCUT2D eigenvalue weighted by molar-refractivity contribution is 5.92. The maximum absolute atomic E-state index is 14.9. The van der Waals surface area contributed by atoms with Crippen molar-refractivity contribution < 1.29 is 13.7 Å². The van der Waals surface area contributed by atoms with Crippen LogP contribution in [0.4, 0.5) is 4.39 Å². The van der Waals surface area contributed by atoms with Gasteiger partial charge < -0.3 is 14.2 Å². The molecule has 4 aromatic rings. The van der Waals surface area contributed by atoms with Crippen molar-refractivity contribution in [1.82, 2.24) is 19.7 Å². The molecule has 0 unspecified atom stereocenters. The van der Waals surface area contributed by atoms with Crippen LogP contribution in [0, 0.1) is 19.7 Å². The summed E-state index contributed by atoms with van der Waals surface area (Å²) in [5.41, 5.74) is 2.59. The normalized spacial score (nSPS) is 15.9. The molecule has 1 aromatic carbocycles. The third-order valence-corrected chi connectivity index (χ3v) is 4.93. The standard InChI is InChI=1S/C19H15FN4O3/c1-9-15(10(2)27-23-9)11-7-12(20)16-17-18(11)26-8-14(24(17)19(25)22-16)13-5-3-4-6-21-13/h3-7,14H,8H2,1-2H3,(H,22,25)/t14-/m1/s1. The molecule has 5 rings (SSSR count). The Labute approximate surface area is 152 Å². The summed E-state index contributed by atoms with van der Waals surface area (Å²) >= 11 is 0. The van der Waals surface area contributed by atoms with Crippen LogP contribution < -0.4 is 10.4 Å². The molecule has 0 saturated heterocycles. The van der Waals surface area contributed by atoms with Gasteiger partial charge in [0.25, 0.3) is 0 Å². The average molecular weight is 366 g/mol. The van der Waals surface area contributed by atoms with E-state index in [1.165, 1.54) is 10.6 Å². The zero-order valence-corrected chi connectivity index (χ0v) is 14.6. The van der Waals surface area contributed by atoms with Crippen LogP contribution in [0.3, 0.4) is 0 Å². The van der Waals surface area contributed by atoms with Crippen LogP contribution in [0.1, 0.15) is 23.2 Å². The van der Waals surface area contributed by atoms with Gasteiger partial charge in [0, 0.05) is 11.8 Å². The number of hydrogen-bond donors (Lipinski definition) is 1. The Morgan fingerprint density at radius 1 is 1.33 bits per heavy atom. The summed E-state index contributed by atoms with van der Waals surface area (Å²) in [5.74, 6) is 0.457. The lowest BCUT2D eigenvalue weighted by Crippen LogP contribution is -2.31. The summed E-state index contributed by atoms with van der Waals surface area (Å²) in [7, 11) is 0. The molecule has 0 bridgehead atoms. The third-order valence-electron chi connectivity index (χ3n) is 4.93. The first-order valence-electron chi connectivity index (χ1n) is 8.50. The molecule has 3 aromatic heterocycles. The Morgan fingerprint density at radius 2 is 2.19 bits per heavy atom. The fraction of sp³-hybridized carbons (Fsp3) is 0.211. The lowest BCUT2D eigenvalue weighted by molar-refractivity contribution is 0.254. The van der Waals surface area contributed by atoms with E-state index in [2.05, 4.69) is 15.1 Å². The first kappa shape index (κ1) is 15.8. The Bertz CT molecular complexity index is 1220. The highest BCUT2D eigenvalue weighted by Crippen LogP contribution is 2.43. The number of imidazole rings is 1. The van der Waals surface area contributed by atoms with Gasteiger partial charge in [0.05, 0.1) is 17.0 Å². The number of aromatic amines is 1. The number of halogens is 1.